The molecule has 0 aliphatic carbocycles. The number of carbonyl (C=O) groups is 1. The van der Waals surface area contributed by atoms with Crippen molar-refractivity contribution in [1.82, 2.24) is 4.90 Å². The topological polar surface area (TPSA) is 55.6 Å². The monoisotopic (exact) mass is 270 g/mol. The second-order valence-corrected chi connectivity index (χ2v) is 4.59. The fraction of sp³-hybridized carbons (Fsp3) is 0.462. The number of hydrogen-bond acceptors (Lipinski definition) is 3. The Morgan fingerprint density at radius 3 is 2.50 bits per heavy atom. The standard InChI is InChI=1S/C13H18N2O2.ClH/c1-9-7-15(8-10(2)17-9)13(16)11-4-3-5-12(14)6-11;/h3-6,9-10H,7-8,14H2,1-2H3;1H. The highest BCUT2D eigenvalue weighted by molar-refractivity contribution is 5.95. The van der Waals surface area contributed by atoms with E-state index in [0.717, 1.165) is 0 Å². The molecule has 1 amide bonds. The molecule has 0 spiro atoms. The van der Waals surface area contributed by atoms with E-state index in [1.54, 1.807) is 24.3 Å². The Bertz CT molecular complexity index is 415. The van der Waals surface area contributed by atoms with Crippen molar-refractivity contribution in [2.45, 2.75) is 26.1 Å². The Morgan fingerprint density at radius 1 is 1.33 bits per heavy atom. The van der Waals surface area contributed by atoms with E-state index in [1.807, 2.05) is 18.7 Å². The van der Waals surface area contributed by atoms with Crippen molar-refractivity contribution in [3.8, 4) is 0 Å². The Morgan fingerprint density at radius 2 is 1.94 bits per heavy atom. The highest BCUT2D eigenvalue weighted by Gasteiger charge is 2.26. The number of ether oxygens (including phenoxy) is 1. The van der Waals surface area contributed by atoms with Gasteiger partial charge in [-0.25, -0.2) is 0 Å². The zero-order valence-electron chi connectivity index (χ0n) is 10.6. The first-order valence-electron chi connectivity index (χ1n) is 5.86. The molecule has 1 aromatic rings. The molecule has 2 atom stereocenters. The minimum absolute atomic E-state index is 0. The van der Waals surface area contributed by atoms with Gasteiger partial charge in [-0.15, -0.1) is 12.4 Å². The quantitative estimate of drug-likeness (QED) is 0.794. The van der Waals surface area contributed by atoms with Gasteiger partial charge < -0.3 is 15.4 Å². The Kier molecular flexibility index (Phi) is 4.99. The largest absolute Gasteiger partial charge is 0.399 e. The summed E-state index contributed by atoms with van der Waals surface area (Å²) in [7, 11) is 0. The number of carbonyl (C=O) groups excluding carboxylic acids is 1. The van der Waals surface area contributed by atoms with Gasteiger partial charge in [-0.2, -0.15) is 0 Å². The lowest BCUT2D eigenvalue weighted by molar-refractivity contribution is -0.0586. The minimum atomic E-state index is 0. The van der Waals surface area contributed by atoms with Crippen molar-refractivity contribution in [3.63, 3.8) is 0 Å². The molecule has 0 bridgehead atoms. The summed E-state index contributed by atoms with van der Waals surface area (Å²) in [5.41, 5.74) is 6.95. The third-order valence-corrected chi connectivity index (χ3v) is 2.84. The number of halogens is 1. The van der Waals surface area contributed by atoms with Crippen LogP contribution in [0, 0.1) is 0 Å². The van der Waals surface area contributed by atoms with Gasteiger partial charge in [-0.3, -0.25) is 4.79 Å². The first kappa shape index (κ1) is 14.8. The summed E-state index contributed by atoms with van der Waals surface area (Å²) in [6, 6.07) is 7.09. The summed E-state index contributed by atoms with van der Waals surface area (Å²) < 4.78 is 5.61. The molecule has 2 unspecified atom stereocenters. The molecule has 1 fully saturated rings. The number of nitrogens with two attached hydrogens (primary N) is 1. The number of nitrogens with zero attached hydrogens (tertiary/aromatic N) is 1. The number of hydrogen-bond donors (Lipinski definition) is 1. The summed E-state index contributed by atoms with van der Waals surface area (Å²) >= 11 is 0. The van der Waals surface area contributed by atoms with E-state index in [-0.39, 0.29) is 30.5 Å². The van der Waals surface area contributed by atoms with E-state index >= 15 is 0 Å². The van der Waals surface area contributed by atoms with Gasteiger partial charge in [-0.1, -0.05) is 6.07 Å². The van der Waals surface area contributed by atoms with E-state index in [1.165, 1.54) is 0 Å². The van der Waals surface area contributed by atoms with Gasteiger partial charge in [0.25, 0.3) is 5.91 Å². The lowest BCUT2D eigenvalue weighted by atomic mass is 10.1. The van der Waals surface area contributed by atoms with Crippen molar-refractivity contribution in [3.05, 3.63) is 29.8 Å². The van der Waals surface area contributed by atoms with Gasteiger partial charge in [0.1, 0.15) is 0 Å². The van der Waals surface area contributed by atoms with E-state index in [2.05, 4.69) is 0 Å². The van der Waals surface area contributed by atoms with Crippen LogP contribution in [0.5, 0.6) is 0 Å². The summed E-state index contributed by atoms with van der Waals surface area (Å²) in [4.78, 5) is 14.1. The van der Waals surface area contributed by atoms with Crippen molar-refractivity contribution >= 4 is 24.0 Å². The van der Waals surface area contributed by atoms with E-state index < -0.39 is 0 Å². The molecule has 0 saturated carbocycles. The minimum Gasteiger partial charge on any atom is -0.399 e. The van der Waals surface area contributed by atoms with Crippen LogP contribution in [0.15, 0.2) is 24.3 Å². The predicted molar refractivity (Wildman–Crippen MR) is 74.0 cm³/mol. The van der Waals surface area contributed by atoms with E-state index in [4.69, 9.17) is 10.5 Å². The van der Waals surface area contributed by atoms with Crippen LogP contribution in [-0.4, -0.2) is 36.1 Å². The number of morpholine rings is 1. The van der Waals surface area contributed by atoms with Gasteiger partial charge in [0.05, 0.1) is 12.2 Å². The third-order valence-electron chi connectivity index (χ3n) is 2.84. The molecule has 1 aliphatic heterocycles. The zero-order chi connectivity index (χ0) is 12.4. The lowest BCUT2D eigenvalue weighted by Crippen LogP contribution is -2.48. The summed E-state index contributed by atoms with van der Waals surface area (Å²) in [5, 5.41) is 0. The molecule has 100 valence electrons. The van der Waals surface area contributed by atoms with Gasteiger partial charge in [0.2, 0.25) is 0 Å². The van der Waals surface area contributed by atoms with Gasteiger partial charge in [0.15, 0.2) is 0 Å². The number of rotatable bonds is 1. The molecule has 1 aromatic carbocycles. The second-order valence-electron chi connectivity index (χ2n) is 4.59. The van der Waals surface area contributed by atoms with Crippen LogP contribution in [0.1, 0.15) is 24.2 Å². The maximum absolute atomic E-state index is 12.3. The maximum Gasteiger partial charge on any atom is 0.254 e. The average molecular weight is 271 g/mol. The average Bonchev–Trinajstić information content (AvgIpc) is 2.26. The first-order chi connectivity index (χ1) is 8.06. The van der Waals surface area contributed by atoms with Crippen LogP contribution in [-0.2, 0) is 4.74 Å². The van der Waals surface area contributed by atoms with E-state index in [0.29, 0.717) is 24.3 Å². The molecule has 1 heterocycles. The molecule has 2 N–H and O–H groups in total. The lowest BCUT2D eigenvalue weighted by Gasteiger charge is -2.35. The summed E-state index contributed by atoms with van der Waals surface area (Å²) in [6.45, 7) is 5.24. The molecular formula is C13H19ClN2O2. The van der Waals surface area contributed by atoms with E-state index in [9.17, 15) is 4.79 Å². The second kappa shape index (κ2) is 6.07. The maximum atomic E-state index is 12.3. The van der Waals surface area contributed by atoms with Gasteiger partial charge >= 0.3 is 0 Å². The number of amides is 1. The van der Waals surface area contributed by atoms with Gasteiger partial charge in [0, 0.05) is 24.3 Å². The fourth-order valence-electron chi connectivity index (χ4n) is 2.20. The Labute approximate surface area is 114 Å². The Balaban J connectivity index is 0.00000162. The normalized spacial score (nSPS) is 23.3. The van der Waals surface area contributed by atoms with Crippen LogP contribution in [0.3, 0.4) is 0 Å². The highest BCUT2D eigenvalue weighted by Crippen LogP contribution is 2.15. The molecule has 5 heteroatoms. The van der Waals surface area contributed by atoms with Crippen LogP contribution < -0.4 is 5.73 Å². The molecule has 1 saturated heterocycles. The number of nitrogen functional groups attached to an aromatic ring is 1. The fourth-order valence-corrected chi connectivity index (χ4v) is 2.20. The molecule has 1 aliphatic rings. The molecule has 0 aromatic heterocycles. The number of benzene rings is 1. The smallest absolute Gasteiger partial charge is 0.254 e. The van der Waals surface area contributed by atoms with Crippen molar-refractivity contribution in [2.24, 2.45) is 0 Å². The SMILES string of the molecule is CC1CN(C(=O)c2cccc(N)c2)CC(C)O1.Cl. The Hall–Kier alpha value is -1.26. The predicted octanol–water partition coefficient (Wildman–Crippen LogP) is 1.94. The summed E-state index contributed by atoms with van der Waals surface area (Å²) in [5.74, 6) is 0.0271. The van der Waals surface area contributed by atoms with Crippen LogP contribution >= 0.6 is 12.4 Å². The van der Waals surface area contributed by atoms with Crippen LogP contribution in [0.4, 0.5) is 5.69 Å². The van der Waals surface area contributed by atoms with Crippen molar-refractivity contribution in [1.29, 1.82) is 0 Å². The molecule has 0 radical (unpaired) electrons. The summed E-state index contributed by atoms with van der Waals surface area (Å²) in [6.07, 6.45) is 0.174. The first-order valence-corrected chi connectivity index (χ1v) is 5.86. The number of anilines is 1. The highest BCUT2D eigenvalue weighted by atomic mass is 35.5. The van der Waals surface area contributed by atoms with Crippen LogP contribution in [0.25, 0.3) is 0 Å². The third kappa shape index (κ3) is 3.37. The van der Waals surface area contributed by atoms with Crippen LogP contribution in [0.2, 0.25) is 0 Å². The molecule has 4 nitrogen and oxygen atoms in total. The van der Waals surface area contributed by atoms with Gasteiger partial charge in [-0.05, 0) is 32.0 Å². The molecule has 18 heavy (non-hydrogen) atoms. The van der Waals surface area contributed by atoms with Crippen molar-refractivity contribution < 1.29 is 9.53 Å². The van der Waals surface area contributed by atoms with Crippen molar-refractivity contribution in [2.75, 3.05) is 18.8 Å². The molecule has 2 rings (SSSR count). The zero-order valence-corrected chi connectivity index (χ0v) is 11.4. The molecular weight excluding hydrogens is 252 g/mol.